The van der Waals surface area contributed by atoms with E-state index in [4.69, 9.17) is 11.6 Å². The molecule has 100 valence electrons. The minimum atomic E-state index is -0.283. The van der Waals surface area contributed by atoms with Gasteiger partial charge in [0.15, 0.2) is 0 Å². The van der Waals surface area contributed by atoms with Crippen molar-refractivity contribution in [2.45, 2.75) is 37.5 Å². The summed E-state index contributed by atoms with van der Waals surface area (Å²) < 4.78 is 13.3. The van der Waals surface area contributed by atoms with Crippen LogP contribution in [-0.2, 0) is 0 Å². The van der Waals surface area contributed by atoms with Crippen molar-refractivity contribution in [3.8, 4) is 0 Å². The predicted molar refractivity (Wildman–Crippen MR) is 77.9 cm³/mol. The summed E-state index contributed by atoms with van der Waals surface area (Å²) >= 11 is 8.10. The van der Waals surface area contributed by atoms with Crippen molar-refractivity contribution in [3.05, 3.63) is 34.6 Å². The summed E-state index contributed by atoms with van der Waals surface area (Å²) in [7, 11) is 0. The van der Waals surface area contributed by atoms with Crippen molar-refractivity contribution in [2.24, 2.45) is 0 Å². The molecule has 1 fully saturated rings. The van der Waals surface area contributed by atoms with Gasteiger partial charge >= 0.3 is 0 Å². The van der Waals surface area contributed by atoms with Gasteiger partial charge in [-0.3, -0.25) is 0 Å². The molecule has 0 amide bonds. The van der Waals surface area contributed by atoms with E-state index >= 15 is 0 Å². The standard InChI is InChI=1S/C14H19ClFNS/c1-10(12-5-4-11(16)8-13(12)15)17-9-14(2)6-3-7-18-14/h4-5,8,10,17H,3,6-7,9H2,1-2H3. The molecule has 18 heavy (non-hydrogen) atoms. The fourth-order valence-electron chi connectivity index (χ4n) is 2.31. The summed E-state index contributed by atoms with van der Waals surface area (Å²) in [6.45, 7) is 5.34. The lowest BCUT2D eigenvalue weighted by atomic mass is 10.0. The lowest BCUT2D eigenvalue weighted by molar-refractivity contribution is 0.490. The Morgan fingerprint density at radius 1 is 1.56 bits per heavy atom. The Kier molecular flexibility index (Phi) is 4.57. The molecule has 1 nitrogen and oxygen atoms in total. The summed E-state index contributed by atoms with van der Waals surface area (Å²) in [5.74, 6) is 0.971. The third-order valence-corrected chi connectivity index (χ3v) is 5.38. The van der Waals surface area contributed by atoms with Crippen molar-refractivity contribution < 1.29 is 4.39 Å². The molecule has 0 bridgehead atoms. The monoisotopic (exact) mass is 287 g/mol. The fraction of sp³-hybridized carbons (Fsp3) is 0.571. The normalized spacial score (nSPS) is 25.3. The van der Waals surface area contributed by atoms with Gasteiger partial charge < -0.3 is 5.32 Å². The van der Waals surface area contributed by atoms with Gasteiger partial charge in [-0.1, -0.05) is 17.7 Å². The number of thioether (sulfide) groups is 1. The Hall–Kier alpha value is -0.250. The van der Waals surface area contributed by atoms with Gasteiger partial charge in [0.25, 0.3) is 0 Å². The quantitative estimate of drug-likeness (QED) is 0.880. The predicted octanol–water partition coefficient (Wildman–Crippen LogP) is 4.42. The molecule has 0 saturated carbocycles. The van der Waals surface area contributed by atoms with E-state index in [-0.39, 0.29) is 11.9 Å². The average Bonchev–Trinajstić information content (AvgIpc) is 2.74. The van der Waals surface area contributed by atoms with Gasteiger partial charge in [0.05, 0.1) is 0 Å². The van der Waals surface area contributed by atoms with Crippen LogP contribution in [0.3, 0.4) is 0 Å². The van der Waals surface area contributed by atoms with E-state index in [0.29, 0.717) is 9.77 Å². The van der Waals surface area contributed by atoms with Crippen LogP contribution in [0.5, 0.6) is 0 Å². The highest BCUT2D eigenvalue weighted by Crippen LogP contribution is 2.37. The summed E-state index contributed by atoms with van der Waals surface area (Å²) in [4.78, 5) is 0. The Labute approximate surface area is 117 Å². The van der Waals surface area contributed by atoms with E-state index in [9.17, 15) is 4.39 Å². The fourth-order valence-corrected chi connectivity index (χ4v) is 3.89. The maximum absolute atomic E-state index is 13.0. The molecule has 1 N–H and O–H groups in total. The molecule has 4 heteroatoms. The van der Waals surface area contributed by atoms with E-state index in [1.807, 2.05) is 11.8 Å². The minimum Gasteiger partial charge on any atom is -0.309 e. The second-order valence-electron chi connectivity index (χ2n) is 5.17. The van der Waals surface area contributed by atoms with Crippen molar-refractivity contribution in [3.63, 3.8) is 0 Å². The number of hydrogen-bond donors (Lipinski definition) is 1. The van der Waals surface area contributed by atoms with Crippen LogP contribution in [0.15, 0.2) is 18.2 Å². The Bertz CT molecular complexity index is 418. The highest BCUT2D eigenvalue weighted by atomic mass is 35.5. The van der Waals surface area contributed by atoms with Crippen LogP contribution in [0.1, 0.15) is 38.3 Å². The first-order valence-corrected chi connectivity index (χ1v) is 7.69. The average molecular weight is 288 g/mol. The number of rotatable bonds is 4. The molecule has 0 radical (unpaired) electrons. The van der Waals surface area contributed by atoms with Crippen LogP contribution < -0.4 is 5.32 Å². The SMILES string of the molecule is CC(NCC1(C)CCCS1)c1ccc(F)cc1Cl. The molecule has 1 aromatic carbocycles. The molecule has 0 spiro atoms. The first-order chi connectivity index (χ1) is 8.50. The van der Waals surface area contributed by atoms with Gasteiger partial charge in [-0.15, -0.1) is 0 Å². The van der Waals surface area contributed by atoms with Crippen LogP contribution in [0.2, 0.25) is 5.02 Å². The summed E-state index contributed by atoms with van der Waals surface area (Å²) in [5, 5.41) is 4.01. The second-order valence-corrected chi connectivity index (χ2v) is 7.26. The van der Waals surface area contributed by atoms with E-state index in [1.54, 1.807) is 6.07 Å². The highest BCUT2D eigenvalue weighted by molar-refractivity contribution is 8.00. The van der Waals surface area contributed by atoms with Gasteiger partial charge in [-0.2, -0.15) is 11.8 Å². The van der Waals surface area contributed by atoms with Gasteiger partial charge in [0.1, 0.15) is 5.82 Å². The molecule has 2 rings (SSSR count). The Morgan fingerprint density at radius 3 is 2.94 bits per heavy atom. The van der Waals surface area contributed by atoms with Crippen LogP contribution >= 0.6 is 23.4 Å². The molecule has 0 aromatic heterocycles. The topological polar surface area (TPSA) is 12.0 Å². The maximum atomic E-state index is 13.0. The summed E-state index contributed by atoms with van der Waals surface area (Å²) in [6.07, 6.45) is 2.56. The highest BCUT2D eigenvalue weighted by Gasteiger charge is 2.29. The van der Waals surface area contributed by atoms with Gasteiger partial charge in [0, 0.05) is 22.4 Å². The molecule has 0 aliphatic carbocycles. The van der Waals surface area contributed by atoms with Crippen LogP contribution in [0, 0.1) is 5.82 Å². The maximum Gasteiger partial charge on any atom is 0.124 e. The molecule has 2 unspecified atom stereocenters. The zero-order valence-corrected chi connectivity index (χ0v) is 12.4. The first-order valence-electron chi connectivity index (χ1n) is 6.32. The molecular formula is C14H19ClFNS. The van der Waals surface area contributed by atoms with Crippen LogP contribution in [-0.4, -0.2) is 17.0 Å². The van der Waals surface area contributed by atoms with E-state index < -0.39 is 0 Å². The molecule has 1 heterocycles. The Morgan fingerprint density at radius 2 is 2.33 bits per heavy atom. The largest absolute Gasteiger partial charge is 0.309 e. The van der Waals surface area contributed by atoms with E-state index in [2.05, 4.69) is 19.2 Å². The van der Waals surface area contributed by atoms with Crippen molar-refractivity contribution in [1.82, 2.24) is 5.32 Å². The summed E-state index contributed by atoms with van der Waals surface area (Å²) in [5.41, 5.74) is 0.963. The number of nitrogens with one attached hydrogen (secondary N) is 1. The Balaban J connectivity index is 1.97. The van der Waals surface area contributed by atoms with Crippen molar-refractivity contribution >= 4 is 23.4 Å². The first kappa shape index (κ1) is 14.2. The number of hydrogen-bond acceptors (Lipinski definition) is 2. The zero-order chi connectivity index (χ0) is 13.2. The van der Waals surface area contributed by atoms with E-state index in [0.717, 1.165) is 12.1 Å². The lowest BCUT2D eigenvalue weighted by Gasteiger charge is -2.26. The van der Waals surface area contributed by atoms with Crippen LogP contribution in [0.4, 0.5) is 4.39 Å². The lowest BCUT2D eigenvalue weighted by Crippen LogP contribution is -2.34. The third-order valence-electron chi connectivity index (χ3n) is 3.51. The third kappa shape index (κ3) is 3.40. The smallest absolute Gasteiger partial charge is 0.124 e. The molecular weight excluding hydrogens is 269 g/mol. The molecule has 1 saturated heterocycles. The van der Waals surface area contributed by atoms with E-state index in [1.165, 1.54) is 30.7 Å². The zero-order valence-electron chi connectivity index (χ0n) is 10.8. The molecule has 1 aliphatic heterocycles. The van der Waals surface area contributed by atoms with Gasteiger partial charge in [-0.25, -0.2) is 4.39 Å². The molecule has 1 aliphatic rings. The second kappa shape index (κ2) is 5.81. The van der Waals surface area contributed by atoms with Gasteiger partial charge in [0.2, 0.25) is 0 Å². The van der Waals surface area contributed by atoms with Crippen LogP contribution in [0.25, 0.3) is 0 Å². The molecule has 2 atom stereocenters. The number of benzene rings is 1. The van der Waals surface area contributed by atoms with Gasteiger partial charge in [-0.05, 0) is 50.1 Å². The van der Waals surface area contributed by atoms with Crippen molar-refractivity contribution in [1.29, 1.82) is 0 Å². The summed E-state index contributed by atoms with van der Waals surface area (Å²) in [6, 6.07) is 4.75. The van der Waals surface area contributed by atoms with Crippen molar-refractivity contribution in [2.75, 3.05) is 12.3 Å². The minimum absolute atomic E-state index is 0.149. The molecule has 1 aromatic rings. The number of halogens is 2.